The van der Waals surface area contributed by atoms with E-state index in [2.05, 4.69) is 15.1 Å². The van der Waals surface area contributed by atoms with Crippen molar-refractivity contribution in [1.29, 1.82) is 0 Å². The molecular weight excluding hydrogens is 452 g/mol. The lowest BCUT2D eigenvalue weighted by atomic mass is 10.2. The van der Waals surface area contributed by atoms with Crippen LogP contribution in [0.3, 0.4) is 0 Å². The fourth-order valence-electron chi connectivity index (χ4n) is 3.31. The van der Waals surface area contributed by atoms with E-state index in [1.807, 2.05) is 36.5 Å². The molecule has 0 spiro atoms. The van der Waals surface area contributed by atoms with E-state index >= 15 is 0 Å². The molecule has 9 heteroatoms. The van der Waals surface area contributed by atoms with Crippen molar-refractivity contribution in [3.8, 4) is 11.4 Å². The molecule has 0 fully saturated rings. The quantitative estimate of drug-likeness (QED) is 0.376. The average molecular weight is 477 g/mol. The fraction of sp³-hybridized carbons (Fsp3) is 0.120. The third kappa shape index (κ3) is 5.81. The van der Waals surface area contributed by atoms with Crippen LogP contribution in [0, 0.1) is 0 Å². The minimum absolute atomic E-state index is 0.0465. The van der Waals surface area contributed by atoms with Gasteiger partial charge >= 0.3 is 0 Å². The molecule has 4 rings (SSSR count). The third-order valence-electron chi connectivity index (χ3n) is 5.07. The summed E-state index contributed by atoms with van der Waals surface area (Å²) in [6.07, 6.45) is 4.37. The van der Waals surface area contributed by atoms with Gasteiger partial charge < -0.3 is 10.1 Å². The SMILES string of the molecule is COc1ccc(NS(=O)(=O)c2cccc(NC(=O)CCc3cnn(-c4ccccc4)c3)c2)cc1. The number of benzene rings is 3. The molecule has 1 aromatic heterocycles. The Morgan fingerprint density at radius 3 is 2.47 bits per heavy atom. The number of nitrogens with zero attached hydrogens (tertiary/aromatic N) is 2. The summed E-state index contributed by atoms with van der Waals surface area (Å²) in [5.74, 6) is 0.408. The van der Waals surface area contributed by atoms with Gasteiger partial charge in [0.1, 0.15) is 5.75 Å². The van der Waals surface area contributed by atoms with E-state index in [0.29, 0.717) is 23.5 Å². The fourth-order valence-corrected chi connectivity index (χ4v) is 4.41. The van der Waals surface area contributed by atoms with Gasteiger partial charge in [-0.3, -0.25) is 9.52 Å². The number of ether oxygens (including phenoxy) is 1. The van der Waals surface area contributed by atoms with Crippen molar-refractivity contribution >= 4 is 27.3 Å². The van der Waals surface area contributed by atoms with E-state index in [4.69, 9.17) is 4.74 Å². The number of aromatic nitrogens is 2. The summed E-state index contributed by atoms with van der Waals surface area (Å²) in [4.78, 5) is 12.5. The van der Waals surface area contributed by atoms with Gasteiger partial charge in [-0.2, -0.15) is 5.10 Å². The van der Waals surface area contributed by atoms with E-state index in [0.717, 1.165) is 11.3 Å². The Bertz CT molecular complexity index is 1370. The summed E-state index contributed by atoms with van der Waals surface area (Å²) < 4.78 is 34.9. The number of aryl methyl sites for hydroxylation is 1. The Morgan fingerprint density at radius 2 is 1.74 bits per heavy atom. The minimum atomic E-state index is -3.82. The second-order valence-corrected chi connectivity index (χ2v) is 9.22. The number of carbonyl (C=O) groups excluding carboxylic acids is 1. The first-order chi connectivity index (χ1) is 16.4. The van der Waals surface area contributed by atoms with Crippen LogP contribution < -0.4 is 14.8 Å². The number of hydrogen-bond acceptors (Lipinski definition) is 5. The van der Waals surface area contributed by atoms with Crippen molar-refractivity contribution in [1.82, 2.24) is 9.78 Å². The van der Waals surface area contributed by atoms with Gasteiger partial charge in [0.15, 0.2) is 0 Å². The number of hydrogen-bond donors (Lipinski definition) is 2. The Morgan fingerprint density at radius 1 is 0.971 bits per heavy atom. The van der Waals surface area contributed by atoms with Crippen LogP contribution in [0.2, 0.25) is 0 Å². The Hall–Kier alpha value is -4.11. The molecule has 0 aliphatic heterocycles. The molecule has 0 aliphatic carbocycles. The molecule has 34 heavy (non-hydrogen) atoms. The van der Waals surface area contributed by atoms with Crippen molar-refractivity contribution in [3.63, 3.8) is 0 Å². The Balaban J connectivity index is 1.36. The molecule has 1 heterocycles. The first kappa shape index (κ1) is 23.1. The highest BCUT2D eigenvalue weighted by Gasteiger charge is 2.15. The van der Waals surface area contributed by atoms with Gasteiger partial charge in [0.05, 0.1) is 23.9 Å². The summed E-state index contributed by atoms with van der Waals surface area (Å²) in [5, 5.41) is 7.10. The molecule has 0 aliphatic rings. The topological polar surface area (TPSA) is 102 Å². The van der Waals surface area contributed by atoms with E-state index in [-0.39, 0.29) is 17.2 Å². The molecule has 2 N–H and O–H groups in total. The molecule has 8 nitrogen and oxygen atoms in total. The molecule has 4 aromatic rings. The first-order valence-corrected chi connectivity index (χ1v) is 12.1. The number of nitrogens with one attached hydrogen (secondary N) is 2. The van der Waals surface area contributed by atoms with Crippen molar-refractivity contribution in [2.75, 3.05) is 17.1 Å². The second kappa shape index (κ2) is 10.2. The number of methoxy groups -OCH3 is 1. The van der Waals surface area contributed by atoms with Crippen LogP contribution in [0.25, 0.3) is 5.69 Å². The highest BCUT2D eigenvalue weighted by Crippen LogP contribution is 2.21. The number of amides is 1. The van der Waals surface area contributed by atoms with Crippen molar-refractivity contribution in [2.24, 2.45) is 0 Å². The van der Waals surface area contributed by atoms with Gasteiger partial charge in [-0.15, -0.1) is 0 Å². The van der Waals surface area contributed by atoms with E-state index in [9.17, 15) is 13.2 Å². The molecule has 3 aromatic carbocycles. The average Bonchev–Trinajstić information content (AvgIpc) is 3.33. The van der Waals surface area contributed by atoms with Crippen LogP contribution in [-0.4, -0.2) is 31.2 Å². The maximum absolute atomic E-state index is 12.8. The van der Waals surface area contributed by atoms with Crippen LogP contribution in [0.15, 0.2) is 96.2 Å². The van der Waals surface area contributed by atoms with Crippen LogP contribution in [0.5, 0.6) is 5.75 Å². The predicted octanol–water partition coefficient (Wildman–Crippen LogP) is 4.25. The molecule has 0 radical (unpaired) electrons. The van der Waals surface area contributed by atoms with Gasteiger partial charge in [0, 0.05) is 24.0 Å². The number of carbonyl (C=O) groups is 1. The summed E-state index contributed by atoms with van der Waals surface area (Å²) >= 11 is 0. The maximum atomic E-state index is 12.8. The van der Waals surface area contributed by atoms with Gasteiger partial charge in [0.2, 0.25) is 5.91 Å². The van der Waals surface area contributed by atoms with Crippen molar-refractivity contribution in [3.05, 3.63) is 96.8 Å². The van der Waals surface area contributed by atoms with Crippen LogP contribution >= 0.6 is 0 Å². The molecule has 1 amide bonds. The standard InChI is InChI=1S/C25H24N4O4S/c1-33-23-13-11-20(12-14-23)28-34(31,32)24-9-5-6-21(16-24)27-25(30)15-10-19-17-26-29(18-19)22-7-3-2-4-8-22/h2-9,11-14,16-18,28H,10,15H2,1H3,(H,27,30). The molecule has 0 atom stereocenters. The Kier molecular flexibility index (Phi) is 6.93. The molecule has 174 valence electrons. The Labute approximate surface area is 198 Å². The lowest BCUT2D eigenvalue weighted by molar-refractivity contribution is -0.116. The van der Waals surface area contributed by atoms with E-state index in [1.54, 1.807) is 47.3 Å². The smallest absolute Gasteiger partial charge is 0.261 e. The summed E-state index contributed by atoms with van der Waals surface area (Å²) in [5.41, 5.74) is 2.69. The number of rotatable bonds is 9. The zero-order valence-electron chi connectivity index (χ0n) is 18.5. The van der Waals surface area contributed by atoms with Crippen molar-refractivity contribution in [2.45, 2.75) is 17.7 Å². The van der Waals surface area contributed by atoms with Gasteiger partial charge in [0.25, 0.3) is 10.0 Å². The van der Waals surface area contributed by atoms with Gasteiger partial charge in [-0.25, -0.2) is 13.1 Å². The second-order valence-electron chi connectivity index (χ2n) is 7.54. The lowest BCUT2D eigenvalue weighted by Crippen LogP contribution is -2.15. The number of sulfonamides is 1. The van der Waals surface area contributed by atoms with Crippen LogP contribution in [0.4, 0.5) is 11.4 Å². The maximum Gasteiger partial charge on any atom is 0.261 e. The van der Waals surface area contributed by atoms with E-state index < -0.39 is 10.0 Å². The molecule has 0 saturated heterocycles. The summed E-state index contributed by atoms with van der Waals surface area (Å²) in [7, 11) is -2.28. The van der Waals surface area contributed by atoms with Crippen LogP contribution in [-0.2, 0) is 21.2 Å². The van der Waals surface area contributed by atoms with E-state index in [1.165, 1.54) is 19.2 Å². The zero-order chi connectivity index (χ0) is 24.0. The monoisotopic (exact) mass is 476 g/mol. The summed E-state index contributed by atoms with van der Waals surface area (Å²) in [6.45, 7) is 0. The largest absolute Gasteiger partial charge is 0.497 e. The predicted molar refractivity (Wildman–Crippen MR) is 131 cm³/mol. The first-order valence-electron chi connectivity index (χ1n) is 10.6. The van der Waals surface area contributed by atoms with Gasteiger partial charge in [-0.1, -0.05) is 24.3 Å². The minimum Gasteiger partial charge on any atom is -0.497 e. The third-order valence-corrected chi connectivity index (χ3v) is 6.45. The van der Waals surface area contributed by atoms with Crippen LogP contribution in [0.1, 0.15) is 12.0 Å². The zero-order valence-corrected chi connectivity index (χ0v) is 19.3. The highest BCUT2D eigenvalue weighted by atomic mass is 32.2. The normalized spacial score (nSPS) is 11.1. The molecular formula is C25H24N4O4S. The highest BCUT2D eigenvalue weighted by molar-refractivity contribution is 7.92. The molecule has 0 unspecified atom stereocenters. The van der Waals surface area contributed by atoms with Crippen molar-refractivity contribution < 1.29 is 17.9 Å². The number of anilines is 2. The molecule has 0 saturated carbocycles. The lowest BCUT2D eigenvalue weighted by Gasteiger charge is -2.11. The van der Waals surface area contributed by atoms with Gasteiger partial charge in [-0.05, 0) is 66.6 Å². The molecule has 0 bridgehead atoms. The number of para-hydroxylation sites is 1. The summed E-state index contributed by atoms with van der Waals surface area (Å²) in [6, 6.07) is 22.4.